The SMILES string of the molecule is CC/C=N/NC(=O)C(C)C. The quantitative estimate of drug-likeness (QED) is 0.466. The van der Waals surface area contributed by atoms with Crippen LogP contribution in [0.3, 0.4) is 0 Å². The van der Waals surface area contributed by atoms with Gasteiger partial charge in [0, 0.05) is 12.1 Å². The Kier molecular flexibility index (Phi) is 4.54. The van der Waals surface area contributed by atoms with Gasteiger partial charge in [0.05, 0.1) is 0 Å². The summed E-state index contributed by atoms with van der Waals surface area (Å²) in [6, 6.07) is 0. The minimum absolute atomic E-state index is 0.00834. The van der Waals surface area contributed by atoms with E-state index in [2.05, 4.69) is 10.5 Å². The minimum Gasteiger partial charge on any atom is -0.273 e. The maximum absolute atomic E-state index is 10.8. The Balaban J connectivity index is 3.49. The second kappa shape index (κ2) is 4.97. The fraction of sp³-hybridized carbons (Fsp3) is 0.714. The van der Waals surface area contributed by atoms with Gasteiger partial charge in [0.2, 0.25) is 5.91 Å². The fourth-order valence-corrected chi connectivity index (χ4v) is 0.330. The van der Waals surface area contributed by atoms with Gasteiger partial charge < -0.3 is 0 Å². The first-order valence-corrected chi connectivity index (χ1v) is 3.49. The molecule has 3 heteroatoms. The van der Waals surface area contributed by atoms with Crippen molar-refractivity contribution in [1.29, 1.82) is 0 Å². The smallest absolute Gasteiger partial charge is 0.242 e. The molecule has 0 unspecified atom stereocenters. The van der Waals surface area contributed by atoms with Crippen molar-refractivity contribution in [2.45, 2.75) is 27.2 Å². The van der Waals surface area contributed by atoms with Gasteiger partial charge in [0.1, 0.15) is 0 Å². The maximum Gasteiger partial charge on any atom is 0.242 e. The highest BCUT2D eigenvalue weighted by Gasteiger charge is 2.02. The highest BCUT2D eigenvalue weighted by Crippen LogP contribution is 1.89. The molecular formula is C7H14N2O. The lowest BCUT2D eigenvalue weighted by Gasteiger charge is -2.00. The summed E-state index contributed by atoms with van der Waals surface area (Å²) in [6.07, 6.45) is 2.51. The Morgan fingerprint density at radius 2 is 2.30 bits per heavy atom. The molecule has 0 aromatic carbocycles. The lowest BCUT2D eigenvalue weighted by Crippen LogP contribution is -2.22. The van der Waals surface area contributed by atoms with Crippen LogP contribution in [-0.4, -0.2) is 12.1 Å². The Morgan fingerprint density at radius 3 is 2.70 bits per heavy atom. The molecule has 0 aromatic rings. The number of rotatable bonds is 3. The summed E-state index contributed by atoms with van der Waals surface area (Å²) in [5.74, 6) is -0.0290. The van der Waals surface area contributed by atoms with Crippen molar-refractivity contribution < 1.29 is 4.79 Å². The van der Waals surface area contributed by atoms with E-state index in [1.165, 1.54) is 0 Å². The van der Waals surface area contributed by atoms with Crippen LogP contribution >= 0.6 is 0 Å². The number of hydrogen-bond donors (Lipinski definition) is 1. The van der Waals surface area contributed by atoms with Crippen LogP contribution in [0.1, 0.15) is 27.2 Å². The van der Waals surface area contributed by atoms with E-state index in [1.54, 1.807) is 6.21 Å². The highest BCUT2D eigenvalue weighted by atomic mass is 16.2. The van der Waals surface area contributed by atoms with Gasteiger partial charge in [-0.3, -0.25) is 4.79 Å². The fourth-order valence-electron chi connectivity index (χ4n) is 0.330. The zero-order valence-electron chi connectivity index (χ0n) is 6.72. The topological polar surface area (TPSA) is 41.5 Å². The lowest BCUT2D eigenvalue weighted by atomic mass is 10.2. The van der Waals surface area contributed by atoms with Crippen LogP contribution in [0.25, 0.3) is 0 Å². The Hall–Kier alpha value is -0.860. The molecule has 0 fully saturated rings. The predicted octanol–water partition coefficient (Wildman–Crippen LogP) is 1.15. The van der Waals surface area contributed by atoms with E-state index in [4.69, 9.17) is 0 Å². The number of carbonyl (C=O) groups is 1. The van der Waals surface area contributed by atoms with E-state index < -0.39 is 0 Å². The van der Waals surface area contributed by atoms with Gasteiger partial charge >= 0.3 is 0 Å². The predicted molar refractivity (Wildman–Crippen MR) is 41.8 cm³/mol. The third kappa shape index (κ3) is 4.06. The van der Waals surface area contributed by atoms with Gasteiger partial charge in [-0.15, -0.1) is 0 Å². The number of carbonyl (C=O) groups excluding carboxylic acids is 1. The summed E-state index contributed by atoms with van der Waals surface area (Å²) in [6.45, 7) is 5.62. The number of hydrazone groups is 1. The van der Waals surface area contributed by atoms with Gasteiger partial charge in [-0.05, 0) is 6.42 Å². The number of amides is 1. The molecule has 10 heavy (non-hydrogen) atoms. The molecule has 0 spiro atoms. The average molecular weight is 142 g/mol. The van der Waals surface area contributed by atoms with Crippen LogP contribution in [0.2, 0.25) is 0 Å². The third-order valence-corrected chi connectivity index (χ3v) is 0.973. The van der Waals surface area contributed by atoms with Crippen LogP contribution < -0.4 is 5.43 Å². The first-order chi connectivity index (χ1) is 4.68. The largest absolute Gasteiger partial charge is 0.273 e. The van der Waals surface area contributed by atoms with Crippen LogP contribution in [0, 0.1) is 5.92 Å². The van der Waals surface area contributed by atoms with E-state index in [-0.39, 0.29) is 11.8 Å². The number of nitrogens with zero attached hydrogens (tertiary/aromatic N) is 1. The zero-order valence-corrected chi connectivity index (χ0v) is 6.72. The van der Waals surface area contributed by atoms with Crippen molar-refractivity contribution in [2.75, 3.05) is 0 Å². The number of hydrogen-bond acceptors (Lipinski definition) is 2. The zero-order chi connectivity index (χ0) is 7.98. The molecule has 0 bridgehead atoms. The van der Waals surface area contributed by atoms with Crippen LogP contribution in [0.15, 0.2) is 5.10 Å². The lowest BCUT2D eigenvalue weighted by molar-refractivity contribution is -0.123. The first kappa shape index (κ1) is 9.14. The molecule has 0 rings (SSSR count). The monoisotopic (exact) mass is 142 g/mol. The van der Waals surface area contributed by atoms with Gasteiger partial charge in [0.25, 0.3) is 0 Å². The molecule has 1 N–H and O–H groups in total. The van der Waals surface area contributed by atoms with Gasteiger partial charge in [-0.2, -0.15) is 5.10 Å². The molecule has 1 amide bonds. The molecule has 0 heterocycles. The third-order valence-electron chi connectivity index (χ3n) is 0.973. The molecule has 0 aliphatic heterocycles. The Morgan fingerprint density at radius 1 is 1.70 bits per heavy atom. The standard InChI is InChI=1S/C7H14N2O/c1-4-5-8-9-7(10)6(2)3/h5-6H,4H2,1-3H3,(H,9,10)/b8-5+. The molecule has 0 saturated carbocycles. The van der Waals surface area contributed by atoms with Crippen molar-refractivity contribution in [1.82, 2.24) is 5.43 Å². The van der Waals surface area contributed by atoms with Crippen LogP contribution in [0.5, 0.6) is 0 Å². The van der Waals surface area contributed by atoms with Crippen molar-refractivity contribution in [2.24, 2.45) is 11.0 Å². The van der Waals surface area contributed by atoms with Gasteiger partial charge in [0.15, 0.2) is 0 Å². The van der Waals surface area contributed by atoms with Crippen LogP contribution in [-0.2, 0) is 4.79 Å². The number of nitrogens with one attached hydrogen (secondary N) is 1. The summed E-state index contributed by atoms with van der Waals surface area (Å²) >= 11 is 0. The van der Waals surface area contributed by atoms with E-state index in [0.29, 0.717) is 0 Å². The molecule has 0 radical (unpaired) electrons. The highest BCUT2D eigenvalue weighted by molar-refractivity contribution is 5.78. The van der Waals surface area contributed by atoms with Crippen molar-refractivity contribution >= 4 is 12.1 Å². The molecule has 3 nitrogen and oxygen atoms in total. The average Bonchev–Trinajstić information content (AvgIpc) is 1.88. The van der Waals surface area contributed by atoms with Crippen LogP contribution in [0.4, 0.5) is 0 Å². The van der Waals surface area contributed by atoms with Crippen molar-refractivity contribution in [3.8, 4) is 0 Å². The summed E-state index contributed by atoms with van der Waals surface area (Å²) in [5.41, 5.74) is 2.41. The molecule has 0 atom stereocenters. The summed E-state index contributed by atoms with van der Waals surface area (Å²) in [5, 5.41) is 3.69. The van der Waals surface area contributed by atoms with Gasteiger partial charge in [-0.25, -0.2) is 5.43 Å². The Bertz CT molecular complexity index is 130. The molecule has 0 saturated heterocycles. The van der Waals surface area contributed by atoms with E-state index in [0.717, 1.165) is 6.42 Å². The normalized spacial score (nSPS) is 10.8. The summed E-state index contributed by atoms with van der Waals surface area (Å²) in [4.78, 5) is 10.8. The molecular weight excluding hydrogens is 128 g/mol. The second-order valence-electron chi connectivity index (χ2n) is 2.35. The van der Waals surface area contributed by atoms with Crippen molar-refractivity contribution in [3.05, 3.63) is 0 Å². The van der Waals surface area contributed by atoms with E-state index in [9.17, 15) is 4.79 Å². The van der Waals surface area contributed by atoms with Crippen molar-refractivity contribution in [3.63, 3.8) is 0 Å². The maximum atomic E-state index is 10.8. The summed E-state index contributed by atoms with van der Waals surface area (Å²) < 4.78 is 0. The summed E-state index contributed by atoms with van der Waals surface area (Å²) in [7, 11) is 0. The molecule has 58 valence electrons. The first-order valence-electron chi connectivity index (χ1n) is 3.49. The molecule has 0 aliphatic rings. The second-order valence-corrected chi connectivity index (χ2v) is 2.35. The Labute approximate surface area is 61.5 Å². The van der Waals surface area contributed by atoms with Gasteiger partial charge in [-0.1, -0.05) is 20.8 Å². The van der Waals surface area contributed by atoms with E-state index >= 15 is 0 Å². The van der Waals surface area contributed by atoms with E-state index in [1.807, 2.05) is 20.8 Å². The molecule has 0 aliphatic carbocycles. The molecule has 0 aromatic heterocycles. The minimum atomic E-state index is -0.0373.